The minimum Gasteiger partial charge on any atom is -0.497 e. The Kier molecular flexibility index (Phi) is 4.35. The third-order valence-electron chi connectivity index (χ3n) is 2.92. The predicted molar refractivity (Wildman–Crippen MR) is 71.7 cm³/mol. The second-order valence-corrected chi connectivity index (χ2v) is 4.39. The van der Waals surface area contributed by atoms with Crippen LogP contribution in [0.25, 0.3) is 0 Å². The molecule has 0 fully saturated rings. The van der Waals surface area contributed by atoms with Gasteiger partial charge in [-0.3, -0.25) is 0 Å². The van der Waals surface area contributed by atoms with Crippen molar-refractivity contribution in [2.75, 3.05) is 12.4 Å². The Bertz CT molecular complexity index is 608. The van der Waals surface area contributed by atoms with Gasteiger partial charge in [-0.15, -0.1) is 0 Å². The van der Waals surface area contributed by atoms with Gasteiger partial charge in [-0.2, -0.15) is 13.2 Å². The minimum absolute atomic E-state index is 0.162. The van der Waals surface area contributed by atoms with Crippen LogP contribution in [0.1, 0.15) is 11.1 Å². The third kappa shape index (κ3) is 3.87. The summed E-state index contributed by atoms with van der Waals surface area (Å²) in [6.07, 6.45) is -4.69. The number of ether oxygens (including phenoxy) is 1. The van der Waals surface area contributed by atoms with E-state index in [-0.39, 0.29) is 6.54 Å². The van der Waals surface area contributed by atoms with Gasteiger partial charge in [-0.05, 0) is 42.0 Å². The predicted octanol–water partition coefficient (Wildman–Crippen LogP) is 4.47. The fourth-order valence-corrected chi connectivity index (χ4v) is 1.81. The van der Waals surface area contributed by atoms with E-state index in [1.54, 1.807) is 31.4 Å². The Morgan fingerprint density at radius 2 is 1.71 bits per heavy atom. The molecular weight excluding hydrogens is 286 g/mol. The standard InChI is InChI=1S/C15H13F4NO/c1-21-12-5-3-11(4-6-12)20-9-10-2-7-14(16)13(8-10)15(17,18)19/h2-8,20H,9H2,1H3. The zero-order chi connectivity index (χ0) is 15.5. The van der Waals surface area contributed by atoms with Crippen LogP contribution in [0.2, 0.25) is 0 Å². The quantitative estimate of drug-likeness (QED) is 0.841. The van der Waals surface area contributed by atoms with Gasteiger partial charge in [-0.1, -0.05) is 6.07 Å². The maximum Gasteiger partial charge on any atom is 0.419 e. The number of hydrogen-bond acceptors (Lipinski definition) is 2. The van der Waals surface area contributed by atoms with Crippen LogP contribution in [0.5, 0.6) is 5.75 Å². The van der Waals surface area contributed by atoms with Gasteiger partial charge in [-0.25, -0.2) is 4.39 Å². The van der Waals surface area contributed by atoms with Crippen molar-refractivity contribution in [3.63, 3.8) is 0 Å². The van der Waals surface area contributed by atoms with Crippen LogP contribution in [0.3, 0.4) is 0 Å². The van der Waals surface area contributed by atoms with Crippen LogP contribution in [0, 0.1) is 5.82 Å². The second kappa shape index (κ2) is 6.03. The topological polar surface area (TPSA) is 21.3 Å². The maximum atomic E-state index is 13.2. The van der Waals surface area contributed by atoms with E-state index in [0.717, 1.165) is 17.8 Å². The fourth-order valence-electron chi connectivity index (χ4n) is 1.81. The molecule has 2 aromatic carbocycles. The van der Waals surface area contributed by atoms with Gasteiger partial charge in [0, 0.05) is 12.2 Å². The van der Waals surface area contributed by atoms with Crippen molar-refractivity contribution in [2.24, 2.45) is 0 Å². The zero-order valence-electron chi connectivity index (χ0n) is 11.2. The lowest BCUT2D eigenvalue weighted by molar-refractivity contribution is -0.140. The number of halogens is 4. The molecular formula is C15H13F4NO. The largest absolute Gasteiger partial charge is 0.497 e. The van der Waals surface area contributed by atoms with E-state index in [2.05, 4.69) is 5.32 Å². The molecule has 2 rings (SSSR count). The van der Waals surface area contributed by atoms with E-state index < -0.39 is 17.6 Å². The van der Waals surface area contributed by atoms with Crippen LogP contribution in [-0.2, 0) is 12.7 Å². The molecule has 112 valence electrons. The molecule has 0 aliphatic carbocycles. The summed E-state index contributed by atoms with van der Waals surface area (Å²) in [6, 6.07) is 9.91. The number of methoxy groups -OCH3 is 1. The Hall–Kier alpha value is -2.24. The number of hydrogen-bond donors (Lipinski definition) is 1. The van der Waals surface area contributed by atoms with Crippen LogP contribution in [0.4, 0.5) is 23.2 Å². The summed E-state index contributed by atoms with van der Waals surface area (Å²) in [5.41, 5.74) is -0.176. The van der Waals surface area contributed by atoms with Crippen LogP contribution in [0.15, 0.2) is 42.5 Å². The SMILES string of the molecule is COc1ccc(NCc2ccc(F)c(C(F)(F)F)c2)cc1. The molecule has 0 aliphatic heterocycles. The van der Waals surface area contributed by atoms with E-state index >= 15 is 0 Å². The summed E-state index contributed by atoms with van der Waals surface area (Å²) in [5, 5.41) is 2.97. The van der Waals surface area contributed by atoms with Crippen LogP contribution in [-0.4, -0.2) is 7.11 Å². The van der Waals surface area contributed by atoms with Crippen molar-refractivity contribution in [3.8, 4) is 5.75 Å². The summed E-state index contributed by atoms with van der Waals surface area (Å²) in [6.45, 7) is 0.162. The molecule has 21 heavy (non-hydrogen) atoms. The van der Waals surface area contributed by atoms with Crippen molar-refractivity contribution < 1.29 is 22.3 Å². The first-order chi connectivity index (χ1) is 9.90. The number of benzene rings is 2. The van der Waals surface area contributed by atoms with Crippen molar-refractivity contribution in [1.82, 2.24) is 0 Å². The Morgan fingerprint density at radius 1 is 1.05 bits per heavy atom. The molecule has 0 unspecified atom stereocenters. The van der Waals surface area contributed by atoms with Gasteiger partial charge >= 0.3 is 6.18 Å². The van der Waals surface area contributed by atoms with Gasteiger partial charge in [0.05, 0.1) is 12.7 Å². The molecule has 0 radical (unpaired) electrons. The molecule has 0 amide bonds. The molecule has 0 saturated carbocycles. The normalized spacial score (nSPS) is 11.3. The first-order valence-corrected chi connectivity index (χ1v) is 6.13. The van der Waals surface area contributed by atoms with E-state index in [1.807, 2.05) is 0 Å². The number of rotatable bonds is 4. The smallest absolute Gasteiger partial charge is 0.419 e. The molecule has 2 aromatic rings. The molecule has 2 nitrogen and oxygen atoms in total. The highest BCUT2D eigenvalue weighted by Gasteiger charge is 2.34. The first-order valence-electron chi connectivity index (χ1n) is 6.13. The van der Waals surface area contributed by atoms with Crippen molar-refractivity contribution >= 4 is 5.69 Å². The summed E-state index contributed by atoms with van der Waals surface area (Å²) < 4.78 is 56.0. The lowest BCUT2D eigenvalue weighted by atomic mass is 10.1. The lowest BCUT2D eigenvalue weighted by Crippen LogP contribution is -2.10. The molecule has 0 spiro atoms. The van der Waals surface area contributed by atoms with E-state index in [4.69, 9.17) is 4.74 Å². The van der Waals surface area contributed by atoms with E-state index in [9.17, 15) is 17.6 Å². The fraction of sp³-hybridized carbons (Fsp3) is 0.200. The van der Waals surface area contributed by atoms with Gasteiger partial charge in [0.1, 0.15) is 11.6 Å². The highest BCUT2D eigenvalue weighted by atomic mass is 19.4. The molecule has 0 atom stereocenters. The number of nitrogens with one attached hydrogen (secondary N) is 1. The maximum absolute atomic E-state index is 13.2. The highest BCUT2D eigenvalue weighted by Crippen LogP contribution is 2.32. The van der Waals surface area contributed by atoms with Gasteiger partial charge in [0.25, 0.3) is 0 Å². The Morgan fingerprint density at radius 3 is 2.29 bits per heavy atom. The number of alkyl halides is 3. The average Bonchev–Trinajstić information content (AvgIpc) is 2.45. The molecule has 0 aliphatic rings. The Balaban J connectivity index is 2.09. The molecule has 0 bridgehead atoms. The second-order valence-electron chi connectivity index (χ2n) is 4.39. The molecule has 1 N–H and O–H groups in total. The Labute approximate surface area is 119 Å². The van der Waals surface area contributed by atoms with Gasteiger partial charge < -0.3 is 10.1 Å². The molecule has 6 heteroatoms. The lowest BCUT2D eigenvalue weighted by Gasteiger charge is -2.11. The van der Waals surface area contributed by atoms with Crippen LogP contribution < -0.4 is 10.1 Å². The zero-order valence-corrected chi connectivity index (χ0v) is 11.2. The average molecular weight is 299 g/mol. The summed E-state index contributed by atoms with van der Waals surface area (Å²) in [7, 11) is 1.54. The van der Waals surface area contributed by atoms with Crippen molar-refractivity contribution in [2.45, 2.75) is 12.7 Å². The minimum atomic E-state index is -4.69. The molecule has 0 heterocycles. The van der Waals surface area contributed by atoms with Gasteiger partial charge in [0.15, 0.2) is 0 Å². The third-order valence-corrected chi connectivity index (χ3v) is 2.92. The van der Waals surface area contributed by atoms with Crippen molar-refractivity contribution in [3.05, 3.63) is 59.4 Å². The number of anilines is 1. The molecule has 0 saturated heterocycles. The summed E-state index contributed by atoms with van der Waals surface area (Å²) in [5.74, 6) is -0.586. The van der Waals surface area contributed by atoms with Crippen LogP contribution >= 0.6 is 0 Å². The summed E-state index contributed by atoms with van der Waals surface area (Å²) in [4.78, 5) is 0. The van der Waals surface area contributed by atoms with E-state index in [0.29, 0.717) is 11.3 Å². The van der Waals surface area contributed by atoms with Crippen molar-refractivity contribution in [1.29, 1.82) is 0 Å². The monoisotopic (exact) mass is 299 g/mol. The highest BCUT2D eigenvalue weighted by molar-refractivity contribution is 5.47. The van der Waals surface area contributed by atoms with E-state index in [1.165, 1.54) is 6.07 Å². The first kappa shape index (κ1) is 15.2. The molecule has 0 aromatic heterocycles. The summed E-state index contributed by atoms with van der Waals surface area (Å²) >= 11 is 0. The van der Waals surface area contributed by atoms with Gasteiger partial charge in [0.2, 0.25) is 0 Å².